The SMILES string of the molecule is CCCc1nc(C)c2c(=O)[nH]c(-c3cc(S(=O)(=O)Cl)ccc3O)nn12. The van der Waals surface area contributed by atoms with Crippen LogP contribution in [0.4, 0.5) is 0 Å². The number of hydrogen-bond donors (Lipinski definition) is 2. The second-order valence-corrected chi connectivity index (χ2v) is 8.11. The molecule has 0 unspecified atom stereocenters. The second-order valence-electron chi connectivity index (χ2n) is 5.54. The Labute approximate surface area is 147 Å². The summed E-state index contributed by atoms with van der Waals surface area (Å²) in [5, 5.41) is 14.4. The average Bonchev–Trinajstić information content (AvgIpc) is 2.83. The van der Waals surface area contributed by atoms with E-state index < -0.39 is 14.6 Å². The van der Waals surface area contributed by atoms with Gasteiger partial charge in [-0.1, -0.05) is 6.92 Å². The highest BCUT2D eigenvalue weighted by molar-refractivity contribution is 8.13. The van der Waals surface area contributed by atoms with Crippen LogP contribution in [0.1, 0.15) is 24.9 Å². The fourth-order valence-electron chi connectivity index (χ4n) is 2.60. The lowest BCUT2D eigenvalue weighted by Gasteiger charge is -2.07. The summed E-state index contributed by atoms with van der Waals surface area (Å²) in [6.45, 7) is 3.69. The molecule has 0 spiro atoms. The molecule has 0 fully saturated rings. The molecule has 2 aromatic heterocycles. The summed E-state index contributed by atoms with van der Waals surface area (Å²) in [4.78, 5) is 19.1. The number of aryl methyl sites for hydroxylation is 2. The van der Waals surface area contributed by atoms with Crippen LogP contribution >= 0.6 is 10.7 Å². The first-order valence-electron chi connectivity index (χ1n) is 7.49. The number of benzene rings is 1. The minimum Gasteiger partial charge on any atom is -0.507 e. The molecule has 3 rings (SSSR count). The Morgan fingerprint density at radius 3 is 2.72 bits per heavy atom. The number of fused-ring (bicyclic) bond motifs is 1. The summed E-state index contributed by atoms with van der Waals surface area (Å²) in [5.74, 6) is 0.398. The van der Waals surface area contributed by atoms with Crippen molar-refractivity contribution in [3.8, 4) is 17.1 Å². The van der Waals surface area contributed by atoms with Gasteiger partial charge >= 0.3 is 0 Å². The summed E-state index contributed by atoms with van der Waals surface area (Å²) in [6, 6.07) is 3.51. The Hall–Kier alpha value is -2.39. The van der Waals surface area contributed by atoms with Crippen LogP contribution < -0.4 is 5.56 Å². The van der Waals surface area contributed by atoms with Gasteiger partial charge in [0.2, 0.25) is 0 Å². The molecule has 10 heteroatoms. The molecule has 3 aromatic rings. The van der Waals surface area contributed by atoms with Gasteiger partial charge in [0, 0.05) is 17.1 Å². The van der Waals surface area contributed by atoms with Crippen molar-refractivity contribution in [2.24, 2.45) is 0 Å². The van der Waals surface area contributed by atoms with Gasteiger partial charge in [-0.15, -0.1) is 5.10 Å². The first-order valence-corrected chi connectivity index (χ1v) is 9.80. The topological polar surface area (TPSA) is 117 Å². The predicted octanol–water partition coefficient (Wildman–Crippen LogP) is 1.98. The van der Waals surface area contributed by atoms with Gasteiger partial charge in [-0.3, -0.25) is 4.79 Å². The van der Waals surface area contributed by atoms with Crippen LogP contribution in [0.2, 0.25) is 0 Å². The first kappa shape index (κ1) is 17.4. The standard InChI is InChI=1S/C15H15ClN4O4S/c1-3-4-12-17-8(2)13-15(22)18-14(19-20(12)13)10-7-9(25(16,23)24)5-6-11(10)21/h5-7,21H,3-4H2,1-2H3,(H,18,19,22). The zero-order chi connectivity index (χ0) is 18.4. The predicted molar refractivity (Wildman–Crippen MR) is 92.5 cm³/mol. The minimum atomic E-state index is -3.99. The third-order valence-corrected chi connectivity index (χ3v) is 5.07. The van der Waals surface area contributed by atoms with E-state index in [-0.39, 0.29) is 22.0 Å². The highest BCUT2D eigenvalue weighted by Gasteiger charge is 2.18. The number of H-pyrrole nitrogens is 1. The van der Waals surface area contributed by atoms with Gasteiger partial charge in [-0.25, -0.2) is 17.9 Å². The molecular formula is C15H15ClN4O4S. The Morgan fingerprint density at radius 1 is 1.36 bits per heavy atom. The van der Waals surface area contributed by atoms with E-state index in [1.54, 1.807) is 6.92 Å². The van der Waals surface area contributed by atoms with Gasteiger partial charge < -0.3 is 10.1 Å². The van der Waals surface area contributed by atoms with Gasteiger partial charge in [0.1, 0.15) is 11.6 Å². The molecule has 0 aliphatic heterocycles. The van der Waals surface area contributed by atoms with Crippen molar-refractivity contribution in [1.82, 2.24) is 19.6 Å². The number of aromatic hydroxyl groups is 1. The van der Waals surface area contributed by atoms with Crippen LogP contribution in [0.5, 0.6) is 5.75 Å². The number of halogens is 1. The Bertz CT molecular complexity index is 1130. The lowest BCUT2D eigenvalue weighted by Crippen LogP contribution is -2.15. The number of aromatic nitrogens is 4. The Morgan fingerprint density at radius 2 is 2.08 bits per heavy atom. The molecule has 2 N–H and O–H groups in total. The molecule has 0 atom stereocenters. The second kappa shape index (κ2) is 6.16. The third kappa shape index (κ3) is 3.12. The normalized spacial score (nSPS) is 12.0. The number of aromatic amines is 1. The van der Waals surface area contributed by atoms with E-state index in [0.717, 1.165) is 12.5 Å². The monoisotopic (exact) mass is 382 g/mol. The molecule has 2 heterocycles. The summed E-state index contributed by atoms with van der Waals surface area (Å²) in [6.07, 6.45) is 1.43. The number of imidazole rings is 1. The maximum absolute atomic E-state index is 12.4. The number of phenolic OH excluding ortho intramolecular Hbond substituents is 1. The average molecular weight is 383 g/mol. The van der Waals surface area contributed by atoms with Gasteiger partial charge in [-0.05, 0) is 31.5 Å². The summed E-state index contributed by atoms with van der Waals surface area (Å²) in [7, 11) is 1.36. The zero-order valence-corrected chi connectivity index (χ0v) is 15.0. The maximum Gasteiger partial charge on any atom is 0.277 e. The van der Waals surface area contributed by atoms with E-state index >= 15 is 0 Å². The molecule has 0 bridgehead atoms. The third-order valence-electron chi connectivity index (χ3n) is 3.72. The highest BCUT2D eigenvalue weighted by atomic mass is 35.7. The molecule has 25 heavy (non-hydrogen) atoms. The molecule has 8 nitrogen and oxygen atoms in total. The molecule has 0 aliphatic carbocycles. The molecule has 0 radical (unpaired) electrons. The molecule has 0 amide bonds. The number of rotatable bonds is 4. The van der Waals surface area contributed by atoms with Crippen molar-refractivity contribution >= 4 is 25.2 Å². The molecule has 0 aliphatic rings. The van der Waals surface area contributed by atoms with E-state index in [1.807, 2.05) is 6.92 Å². The number of nitrogens with one attached hydrogen (secondary N) is 1. The Kier molecular flexibility index (Phi) is 4.29. The van der Waals surface area contributed by atoms with Crippen molar-refractivity contribution in [2.75, 3.05) is 0 Å². The van der Waals surface area contributed by atoms with Crippen LogP contribution in [0.3, 0.4) is 0 Å². The van der Waals surface area contributed by atoms with Crippen molar-refractivity contribution in [2.45, 2.75) is 31.6 Å². The lowest BCUT2D eigenvalue weighted by atomic mass is 10.2. The van der Waals surface area contributed by atoms with E-state index in [2.05, 4.69) is 15.1 Å². The van der Waals surface area contributed by atoms with Gasteiger partial charge in [0.05, 0.1) is 16.2 Å². The zero-order valence-electron chi connectivity index (χ0n) is 13.4. The largest absolute Gasteiger partial charge is 0.507 e. The molecule has 1 aromatic carbocycles. The fourth-order valence-corrected chi connectivity index (χ4v) is 3.38. The molecule has 0 saturated heterocycles. The van der Waals surface area contributed by atoms with Crippen LogP contribution in [0.25, 0.3) is 16.9 Å². The summed E-state index contributed by atoms with van der Waals surface area (Å²) in [5.41, 5.74) is 0.475. The van der Waals surface area contributed by atoms with Crippen LogP contribution in [-0.2, 0) is 15.5 Å². The van der Waals surface area contributed by atoms with Crippen molar-refractivity contribution < 1.29 is 13.5 Å². The smallest absolute Gasteiger partial charge is 0.277 e. The molecule has 132 valence electrons. The van der Waals surface area contributed by atoms with E-state index in [9.17, 15) is 18.3 Å². The lowest BCUT2D eigenvalue weighted by molar-refractivity contribution is 0.476. The van der Waals surface area contributed by atoms with E-state index in [1.165, 1.54) is 16.6 Å². The molecular weight excluding hydrogens is 368 g/mol. The number of phenols is 1. The molecule has 0 saturated carbocycles. The van der Waals surface area contributed by atoms with E-state index in [4.69, 9.17) is 10.7 Å². The van der Waals surface area contributed by atoms with E-state index in [0.29, 0.717) is 23.5 Å². The summed E-state index contributed by atoms with van der Waals surface area (Å²) < 4.78 is 24.5. The first-order chi connectivity index (χ1) is 11.7. The van der Waals surface area contributed by atoms with Crippen LogP contribution in [0, 0.1) is 6.92 Å². The van der Waals surface area contributed by atoms with Crippen LogP contribution in [-0.4, -0.2) is 33.1 Å². The highest BCUT2D eigenvalue weighted by Crippen LogP contribution is 2.30. The van der Waals surface area contributed by atoms with Crippen molar-refractivity contribution in [1.29, 1.82) is 0 Å². The summed E-state index contributed by atoms with van der Waals surface area (Å²) >= 11 is 0. The number of nitrogens with zero attached hydrogens (tertiary/aromatic N) is 3. The van der Waals surface area contributed by atoms with Crippen molar-refractivity contribution in [3.63, 3.8) is 0 Å². The number of hydrogen-bond acceptors (Lipinski definition) is 6. The van der Waals surface area contributed by atoms with Gasteiger partial charge in [0.15, 0.2) is 11.3 Å². The quantitative estimate of drug-likeness (QED) is 0.666. The van der Waals surface area contributed by atoms with Crippen molar-refractivity contribution in [3.05, 3.63) is 40.1 Å². The Balaban J connectivity index is 2.30. The maximum atomic E-state index is 12.4. The fraction of sp³-hybridized carbons (Fsp3) is 0.267. The van der Waals surface area contributed by atoms with Crippen LogP contribution in [0.15, 0.2) is 27.9 Å². The van der Waals surface area contributed by atoms with Gasteiger partial charge in [-0.2, -0.15) is 0 Å². The minimum absolute atomic E-state index is 0.0203. The van der Waals surface area contributed by atoms with Gasteiger partial charge in [0.25, 0.3) is 14.6 Å².